The topological polar surface area (TPSA) is 35.8 Å². The van der Waals surface area contributed by atoms with Gasteiger partial charge in [0.05, 0.1) is 21.6 Å². The second-order valence-electron chi connectivity index (χ2n) is 4.23. The molecule has 0 radical (unpaired) electrons. The maximum Gasteiger partial charge on any atom is 0.102 e. The molecule has 0 spiro atoms. The number of rotatable bonds is 5. The summed E-state index contributed by atoms with van der Waals surface area (Å²) in [6, 6.07) is 12.3. The Hall–Kier alpha value is -1.15. The Morgan fingerprint density at radius 3 is 2.80 bits per heavy atom. The van der Waals surface area contributed by atoms with E-state index in [4.69, 9.17) is 11.6 Å². The molecule has 0 amide bonds. The van der Waals surface area contributed by atoms with Crippen molar-refractivity contribution in [1.82, 2.24) is 0 Å². The van der Waals surface area contributed by atoms with Gasteiger partial charge in [-0.2, -0.15) is 5.26 Å². The van der Waals surface area contributed by atoms with Gasteiger partial charge < -0.3 is 5.32 Å². The lowest BCUT2D eigenvalue weighted by Crippen LogP contribution is -2.06. The van der Waals surface area contributed by atoms with Crippen molar-refractivity contribution in [3.63, 3.8) is 0 Å². The molecule has 2 aromatic rings. The molecule has 1 unspecified atom stereocenters. The zero-order chi connectivity index (χ0) is 14.5. The smallest absolute Gasteiger partial charge is 0.102 e. The molecule has 2 rings (SSSR count). The summed E-state index contributed by atoms with van der Waals surface area (Å²) in [7, 11) is 0. The normalized spacial score (nSPS) is 11.9. The third-order valence-corrected chi connectivity index (χ3v) is 5.18. The molecular formula is C15H15ClN2S2. The Kier molecular flexibility index (Phi) is 5.36. The number of nitrogens with zero attached hydrogens (tertiary/aromatic N) is 1. The minimum absolute atomic E-state index is 0.126. The highest BCUT2D eigenvalue weighted by atomic mass is 35.5. The van der Waals surface area contributed by atoms with Crippen molar-refractivity contribution in [2.45, 2.75) is 24.8 Å². The van der Waals surface area contributed by atoms with Crippen molar-refractivity contribution in [3.05, 3.63) is 45.1 Å². The van der Waals surface area contributed by atoms with Crippen LogP contribution in [-0.4, -0.2) is 5.75 Å². The molecule has 1 heterocycles. The van der Waals surface area contributed by atoms with Crippen molar-refractivity contribution in [1.29, 1.82) is 5.26 Å². The molecule has 1 aromatic heterocycles. The highest BCUT2D eigenvalue weighted by molar-refractivity contribution is 7.99. The van der Waals surface area contributed by atoms with Gasteiger partial charge in [-0.15, -0.1) is 23.1 Å². The molecule has 1 atom stereocenters. The van der Waals surface area contributed by atoms with Crippen LogP contribution in [0.4, 0.5) is 5.69 Å². The van der Waals surface area contributed by atoms with Gasteiger partial charge in [0, 0.05) is 9.77 Å². The number of anilines is 1. The van der Waals surface area contributed by atoms with Gasteiger partial charge in [-0.25, -0.2) is 0 Å². The van der Waals surface area contributed by atoms with Gasteiger partial charge in [0.25, 0.3) is 0 Å². The van der Waals surface area contributed by atoms with Gasteiger partial charge in [0.1, 0.15) is 6.07 Å². The highest BCUT2D eigenvalue weighted by Crippen LogP contribution is 2.32. The van der Waals surface area contributed by atoms with E-state index in [1.807, 2.05) is 30.3 Å². The Balaban J connectivity index is 2.25. The van der Waals surface area contributed by atoms with Crippen molar-refractivity contribution >= 4 is 40.4 Å². The van der Waals surface area contributed by atoms with Gasteiger partial charge in [-0.1, -0.05) is 24.6 Å². The first kappa shape index (κ1) is 15.2. The summed E-state index contributed by atoms with van der Waals surface area (Å²) in [5.74, 6) is 0.953. The first-order chi connectivity index (χ1) is 9.65. The number of hydrogen-bond acceptors (Lipinski definition) is 4. The monoisotopic (exact) mass is 322 g/mol. The number of thioether (sulfide) groups is 1. The third-order valence-electron chi connectivity index (χ3n) is 2.83. The molecule has 0 bridgehead atoms. The molecule has 0 fully saturated rings. The number of nitrogens with one attached hydrogen (secondary N) is 1. The molecule has 0 saturated heterocycles. The molecule has 104 valence electrons. The summed E-state index contributed by atoms with van der Waals surface area (Å²) in [4.78, 5) is 2.18. The van der Waals surface area contributed by atoms with Crippen LogP contribution in [0.3, 0.4) is 0 Å². The average molecular weight is 323 g/mol. The van der Waals surface area contributed by atoms with Crippen LogP contribution in [0.5, 0.6) is 0 Å². The molecule has 0 aliphatic carbocycles. The van der Waals surface area contributed by atoms with E-state index in [0.717, 1.165) is 25.5 Å². The van der Waals surface area contributed by atoms with Crippen LogP contribution in [-0.2, 0) is 0 Å². The Bertz CT molecular complexity index is 631. The summed E-state index contributed by atoms with van der Waals surface area (Å²) in [5.41, 5.74) is 1.59. The third kappa shape index (κ3) is 3.49. The van der Waals surface area contributed by atoms with Gasteiger partial charge in [-0.05, 0) is 36.9 Å². The van der Waals surface area contributed by atoms with Crippen LogP contribution in [0.2, 0.25) is 4.34 Å². The van der Waals surface area contributed by atoms with E-state index in [9.17, 15) is 5.26 Å². The highest BCUT2D eigenvalue weighted by Gasteiger charge is 2.13. The summed E-state index contributed by atoms with van der Waals surface area (Å²) >= 11 is 9.21. The standard InChI is InChI=1S/C15H15ClN2S2/c1-3-19-14-6-4-5-12(11(14)9-17)18-10(2)13-7-8-15(16)20-13/h4-8,10,18H,3H2,1-2H3. The number of thiophene rings is 1. The van der Waals surface area contributed by atoms with Crippen LogP contribution in [0, 0.1) is 11.3 Å². The van der Waals surface area contributed by atoms with Crippen LogP contribution in [0.1, 0.15) is 30.3 Å². The van der Waals surface area contributed by atoms with Crippen molar-refractivity contribution < 1.29 is 0 Å². The SMILES string of the molecule is CCSc1cccc(NC(C)c2ccc(Cl)s2)c1C#N. The molecule has 1 N–H and O–H groups in total. The first-order valence-corrected chi connectivity index (χ1v) is 8.51. The number of benzene rings is 1. The lowest BCUT2D eigenvalue weighted by Gasteiger charge is -2.16. The molecule has 0 saturated carbocycles. The van der Waals surface area contributed by atoms with E-state index in [0.29, 0.717) is 5.56 Å². The van der Waals surface area contributed by atoms with Crippen LogP contribution < -0.4 is 5.32 Å². The summed E-state index contributed by atoms with van der Waals surface area (Å²) in [6.45, 7) is 4.16. The Labute approximate surface area is 132 Å². The molecule has 0 aliphatic rings. The number of hydrogen-bond donors (Lipinski definition) is 1. The van der Waals surface area contributed by atoms with Crippen molar-refractivity contribution in [2.75, 3.05) is 11.1 Å². The van der Waals surface area contributed by atoms with Crippen LogP contribution in [0.15, 0.2) is 35.2 Å². The predicted molar refractivity (Wildman–Crippen MR) is 88.9 cm³/mol. The summed E-state index contributed by atoms with van der Waals surface area (Å²) in [5, 5.41) is 12.8. The minimum Gasteiger partial charge on any atom is -0.377 e. The van der Waals surface area contributed by atoms with E-state index < -0.39 is 0 Å². The molecule has 5 heteroatoms. The summed E-state index contributed by atoms with van der Waals surface area (Å²) < 4.78 is 0.782. The van der Waals surface area contributed by atoms with E-state index in [2.05, 4.69) is 25.2 Å². The summed E-state index contributed by atoms with van der Waals surface area (Å²) in [6.07, 6.45) is 0. The predicted octanol–water partition coefficient (Wildman–Crippen LogP) is 5.56. The first-order valence-electron chi connectivity index (χ1n) is 6.33. The van der Waals surface area contributed by atoms with E-state index >= 15 is 0 Å². The fourth-order valence-corrected chi connectivity index (χ4v) is 3.76. The van der Waals surface area contributed by atoms with Crippen molar-refractivity contribution in [3.8, 4) is 6.07 Å². The molecule has 20 heavy (non-hydrogen) atoms. The van der Waals surface area contributed by atoms with Crippen LogP contribution in [0.25, 0.3) is 0 Å². The Morgan fingerprint density at radius 2 is 2.20 bits per heavy atom. The molecule has 1 aromatic carbocycles. The Morgan fingerprint density at radius 1 is 1.40 bits per heavy atom. The van der Waals surface area contributed by atoms with Crippen LogP contribution >= 0.6 is 34.7 Å². The van der Waals surface area contributed by atoms with E-state index in [1.165, 1.54) is 0 Å². The van der Waals surface area contributed by atoms with Gasteiger partial charge in [-0.3, -0.25) is 0 Å². The molecule has 2 nitrogen and oxygen atoms in total. The zero-order valence-corrected chi connectivity index (χ0v) is 13.7. The average Bonchev–Trinajstić information content (AvgIpc) is 2.86. The molecular weight excluding hydrogens is 308 g/mol. The fraction of sp³-hybridized carbons (Fsp3) is 0.267. The quantitative estimate of drug-likeness (QED) is 0.732. The second kappa shape index (κ2) is 7.03. The number of halogens is 1. The number of nitriles is 1. The van der Waals surface area contributed by atoms with Gasteiger partial charge >= 0.3 is 0 Å². The molecule has 0 aliphatic heterocycles. The lowest BCUT2D eigenvalue weighted by molar-refractivity contribution is 0.906. The van der Waals surface area contributed by atoms with Gasteiger partial charge in [0.2, 0.25) is 0 Å². The second-order valence-corrected chi connectivity index (χ2v) is 7.28. The van der Waals surface area contributed by atoms with Crippen molar-refractivity contribution in [2.24, 2.45) is 0 Å². The van der Waals surface area contributed by atoms with Gasteiger partial charge in [0.15, 0.2) is 0 Å². The largest absolute Gasteiger partial charge is 0.377 e. The van der Waals surface area contributed by atoms with E-state index in [-0.39, 0.29) is 6.04 Å². The van der Waals surface area contributed by atoms with E-state index in [1.54, 1.807) is 23.1 Å². The fourth-order valence-electron chi connectivity index (χ4n) is 1.91. The maximum absolute atomic E-state index is 9.39. The zero-order valence-electron chi connectivity index (χ0n) is 11.3. The maximum atomic E-state index is 9.39. The lowest BCUT2D eigenvalue weighted by atomic mass is 10.1. The minimum atomic E-state index is 0.126.